The third-order valence-corrected chi connectivity index (χ3v) is 4.38. The number of hydrogen-bond donors (Lipinski definition) is 0. The summed E-state index contributed by atoms with van der Waals surface area (Å²) in [6.07, 6.45) is 1.63. The molecule has 3 aromatic heterocycles. The second kappa shape index (κ2) is 5.67. The van der Waals surface area contributed by atoms with Gasteiger partial charge in [0, 0.05) is 6.20 Å². The molecule has 0 amide bonds. The summed E-state index contributed by atoms with van der Waals surface area (Å²) in [5.41, 5.74) is 2.18. The van der Waals surface area contributed by atoms with E-state index in [-0.39, 0.29) is 22.2 Å². The topological polar surface area (TPSA) is 80.2 Å². The van der Waals surface area contributed by atoms with Crippen LogP contribution in [0.1, 0.15) is 16.7 Å². The van der Waals surface area contributed by atoms with Crippen molar-refractivity contribution in [3.8, 4) is 11.8 Å². The van der Waals surface area contributed by atoms with Crippen LogP contribution in [-0.2, 0) is 0 Å². The quantitative estimate of drug-likeness (QED) is 0.498. The molecule has 6 nitrogen and oxygen atoms in total. The van der Waals surface area contributed by atoms with Crippen molar-refractivity contribution >= 4 is 16.7 Å². The minimum Gasteiger partial charge on any atom is -0.268 e. The fourth-order valence-electron chi connectivity index (χ4n) is 3.11. The van der Waals surface area contributed by atoms with Gasteiger partial charge in [-0.25, -0.2) is 4.98 Å². The molecular formula is C20H14N4O2. The number of fused-ring (bicyclic) bond motifs is 2. The van der Waals surface area contributed by atoms with E-state index in [4.69, 9.17) is 0 Å². The Kier molecular flexibility index (Phi) is 3.44. The lowest BCUT2D eigenvalue weighted by Gasteiger charge is -2.12. The average molecular weight is 342 g/mol. The molecule has 0 atom stereocenters. The number of hydrogen-bond acceptors (Lipinski definition) is 4. The van der Waals surface area contributed by atoms with Crippen molar-refractivity contribution in [3.05, 3.63) is 86.1 Å². The van der Waals surface area contributed by atoms with E-state index >= 15 is 0 Å². The highest BCUT2D eigenvalue weighted by atomic mass is 16.1. The zero-order valence-electron chi connectivity index (χ0n) is 14.2. The van der Waals surface area contributed by atoms with E-state index in [1.807, 2.05) is 44.2 Å². The smallest absolute Gasteiger partial charge is 0.268 e. The van der Waals surface area contributed by atoms with Gasteiger partial charge in [0.2, 0.25) is 0 Å². The molecule has 26 heavy (non-hydrogen) atoms. The molecule has 4 rings (SSSR count). The Labute approximate surface area is 148 Å². The van der Waals surface area contributed by atoms with E-state index in [1.165, 1.54) is 15.0 Å². The van der Waals surface area contributed by atoms with Gasteiger partial charge in [-0.05, 0) is 49.2 Å². The number of aromatic nitrogens is 3. The minimum atomic E-state index is -0.490. The van der Waals surface area contributed by atoms with Crippen LogP contribution in [0, 0.1) is 25.2 Å². The first-order valence-corrected chi connectivity index (χ1v) is 8.06. The Morgan fingerprint density at radius 3 is 2.54 bits per heavy atom. The largest absolute Gasteiger partial charge is 0.274 e. The van der Waals surface area contributed by atoms with Crippen LogP contribution in [-0.4, -0.2) is 14.0 Å². The number of rotatable bonds is 1. The fourth-order valence-corrected chi connectivity index (χ4v) is 3.11. The summed E-state index contributed by atoms with van der Waals surface area (Å²) in [5, 5.41) is 9.59. The molecule has 6 heteroatoms. The Morgan fingerprint density at radius 1 is 1.00 bits per heavy atom. The van der Waals surface area contributed by atoms with Gasteiger partial charge in [-0.2, -0.15) is 5.26 Å². The highest BCUT2D eigenvalue weighted by Gasteiger charge is 2.16. The van der Waals surface area contributed by atoms with Gasteiger partial charge in [-0.1, -0.05) is 18.2 Å². The number of nitriles is 1. The van der Waals surface area contributed by atoms with Crippen LogP contribution >= 0.6 is 0 Å². The van der Waals surface area contributed by atoms with E-state index < -0.39 is 5.56 Å². The molecule has 0 aliphatic carbocycles. The van der Waals surface area contributed by atoms with Gasteiger partial charge in [-0.15, -0.1) is 0 Å². The monoisotopic (exact) mass is 342 g/mol. The van der Waals surface area contributed by atoms with E-state index in [0.29, 0.717) is 11.3 Å². The minimum absolute atomic E-state index is 0.0921. The van der Waals surface area contributed by atoms with E-state index in [9.17, 15) is 14.9 Å². The average Bonchev–Trinajstić information content (AvgIpc) is 2.62. The van der Waals surface area contributed by atoms with Crippen molar-refractivity contribution < 1.29 is 0 Å². The Bertz CT molecular complexity index is 1360. The maximum atomic E-state index is 13.0. The molecule has 0 unspecified atom stereocenters. The molecule has 0 aliphatic rings. The zero-order chi connectivity index (χ0) is 18.4. The maximum absolute atomic E-state index is 13.0. The highest BCUT2D eigenvalue weighted by Crippen LogP contribution is 2.17. The standard InChI is InChI=1S/C20H14N4O2/c1-12-5-3-7-15(9-12)24-18-16(10-14(11-21)19(24)25)20(26)23-8-4-6-13(2)17(23)22-18/h3-10H,1-2H3. The van der Waals surface area contributed by atoms with E-state index in [1.54, 1.807) is 18.3 Å². The molecule has 126 valence electrons. The van der Waals surface area contributed by atoms with Crippen LogP contribution in [0.15, 0.2) is 58.3 Å². The number of aryl methyl sites for hydroxylation is 2. The molecule has 3 heterocycles. The van der Waals surface area contributed by atoms with Crippen molar-refractivity contribution in [2.75, 3.05) is 0 Å². The summed E-state index contributed by atoms with van der Waals surface area (Å²) in [6, 6.07) is 14.1. The lowest BCUT2D eigenvalue weighted by molar-refractivity contribution is 0.978. The molecule has 0 saturated carbocycles. The normalized spacial score (nSPS) is 11.0. The van der Waals surface area contributed by atoms with Gasteiger partial charge in [0.05, 0.1) is 11.1 Å². The fraction of sp³-hybridized carbons (Fsp3) is 0.100. The van der Waals surface area contributed by atoms with Gasteiger partial charge >= 0.3 is 0 Å². The first kappa shape index (κ1) is 15.8. The Morgan fingerprint density at radius 2 is 1.81 bits per heavy atom. The van der Waals surface area contributed by atoms with Gasteiger partial charge in [0.25, 0.3) is 11.1 Å². The third kappa shape index (κ3) is 2.22. The predicted molar refractivity (Wildman–Crippen MR) is 98.8 cm³/mol. The van der Waals surface area contributed by atoms with Crippen molar-refractivity contribution in [1.29, 1.82) is 5.26 Å². The molecule has 0 fully saturated rings. The molecule has 1 aromatic carbocycles. The van der Waals surface area contributed by atoms with Crippen LogP contribution < -0.4 is 11.1 Å². The second-order valence-electron chi connectivity index (χ2n) is 6.19. The molecule has 0 bridgehead atoms. The van der Waals surface area contributed by atoms with Gasteiger partial charge in [0.15, 0.2) is 5.65 Å². The van der Waals surface area contributed by atoms with Crippen LogP contribution in [0.25, 0.3) is 22.4 Å². The van der Waals surface area contributed by atoms with E-state index in [2.05, 4.69) is 4.98 Å². The zero-order valence-corrected chi connectivity index (χ0v) is 14.2. The Balaban J connectivity index is 2.30. The summed E-state index contributed by atoms with van der Waals surface area (Å²) in [7, 11) is 0. The molecule has 4 aromatic rings. The van der Waals surface area contributed by atoms with Crippen molar-refractivity contribution in [1.82, 2.24) is 14.0 Å². The predicted octanol–water partition coefficient (Wildman–Crippen LogP) is 2.49. The summed E-state index contributed by atoms with van der Waals surface area (Å²) in [5.74, 6) is 0. The van der Waals surface area contributed by atoms with Crippen LogP contribution in [0.5, 0.6) is 0 Å². The molecule has 0 radical (unpaired) electrons. The lowest BCUT2D eigenvalue weighted by atomic mass is 10.2. The Hall–Kier alpha value is -3.72. The van der Waals surface area contributed by atoms with Crippen molar-refractivity contribution in [2.24, 2.45) is 0 Å². The first-order valence-electron chi connectivity index (χ1n) is 8.06. The summed E-state index contributed by atoms with van der Waals surface area (Å²) < 4.78 is 2.78. The number of benzene rings is 1. The van der Waals surface area contributed by atoms with Gasteiger partial charge < -0.3 is 0 Å². The first-order chi connectivity index (χ1) is 12.5. The molecular weight excluding hydrogens is 328 g/mol. The molecule has 0 aliphatic heterocycles. The van der Waals surface area contributed by atoms with Gasteiger partial charge in [-0.3, -0.25) is 18.6 Å². The molecule has 0 saturated heterocycles. The number of pyridine rings is 2. The maximum Gasteiger partial charge on any atom is 0.274 e. The van der Waals surface area contributed by atoms with Crippen LogP contribution in [0.4, 0.5) is 0 Å². The van der Waals surface area contributed by atoms with Crippen molar-refractivity contribution in [2.45, 2.75) is 13.8 Å². The molecule has 0 N–H and O–H groups in total. The van der Waals surface area contributed by atoms with Crippen LogP contribution in [0.3, 0.4) is 0 Å². The summed E-state index contributed by atoms with van der Waals surface area (Å²) in [6.45, 7) is 3.76. The van der Waals surface area contributed by atoms with Gasteiger partial charge in [0.1, 0.15) is 17.3 Å². The SMILES string of the molecule is Cc1cccc(-n2c(=O)c(C#N)cc3c(=O)n4cccc(C)c4nc32)c1. The number of nitrogens with zero attached hydrogens (tertiary/aromatic N) is 4. The third-order valence-electron chi connectivity index (χ3n) is 4.38. The summed E-state index contributed by atoms with van der Waals surface area (Å²) in [4.78, 5) is 30.4. The summed E-state index contributed by atoms with van der Waals surface area (Å²) >= 11 is 0. The van der Waals surface area contributed by atoms with E-state index in [0.717, 1.165) is 11.1 Å². The highest BCUT2D eigenvalue weighted by molar-refractivity contribution is 5.80. The van der Waals surface area contributed by atoms with Crippen LogP contribution in [0.2, 0.25) is 0 Å². The van der Waals surface area contributed by atoms with Crippen molar-refractivity contribution in [3.63, 3.8) is 0 Å². The molecule has 0 spiro atoms. The second-order valence-corrected chi connectivity index (χ2v) is 6.19. The lowest BCUT2D eigenvalue weighted by Crippen LogP contribution is -2.26.